The second kappa shape index (κ2) is 4.01. The van der Waals surface area contributed by atoms with Crippen LogP contribution in [0, 0.1) is 0 Å². The fourth-order valence-electron chi connectivity index (χ4n) is 0.317. The van der Waals surface area contributed by atoms with E-state index < -0.39 is 0 Å². The van der Waals surface area contributed by atoms with Crippen LogP contribution in [-0.2, 0) is 4.74 Å². The second-order valence-electron chi connectivity index (χ2n) is 1.89. The molecule has 0 aliphatic carbocycles. The molecule has 0 heterocycles. The van der Waals surface area contributed by atoms with E-state index in [-0.39, 0.29) is 0 Å². The molecule has 0 aromatic heterocycles. The molecular weight excluding hydrogens is 114 g/mol. The van der Waals surface area contributed by atoms with Crippen LogP contribution in [0.5, 0.6) is 0 Å². The number of allylic oxidation sites excluding steroid dienone is 4. The Balaban J connectivity index is 3.83. The molecule has 0 saturated carbocycles. The van der Waals surface area contributed by atoms with Gasteiger partial charge >= 0.3 is 0 Å². The smallest absolute Gasteiger partial charge is 0.0925 e. The number of rotatable bonds is 2. The molecule has 52 valence electrons. The third-order valence-electron chi connectivity index (χ3n) is 0.903. The fourth-order valence-corrected chi connectivity index (χ4v) is 0.317. The number of hydrogen-bond donors (Lipinski definition) is 1. The van der Waals surface area contributed by atoms with Crippen molar-refractivity contribution in [1.82, 2.24) is 0 Å². The fraction of sp³-hybridized carbons (Fsp3) is 0.429. The maximum atomic E-state index is 5.36. The van der Waals surface area contributed by atoms with E-state index in [1.54, 1.807) is 13.2 Å². The van der Waals surface area contributed by atoms with Crippen molar-refractivity contribution in [2.24, 2.45) is 5.73 Å². The summed E-state index contributed by atoms with van der Waals surface area (Å²) in [7, 11) is 1.63. The standard InChI is InChI=1S/C7H13NO/c1-6(8)4-5-7(2)9-3/h4-5H,8H2,1-3H3/b6-4+,7-5+. The number of hydrogen-bond acceptors (Lipinski definition) is 2. The first-order chi connectivity index (χ1) is 4.16. The summed E-state index contributed by atoms with van der Waals surface area (Å²) in [6.07, 6.45) is 3.63. The van der Waals surface area contributed by atoms with Gasteiger partial charge in [-0.15, -0.1) is 0 Å². The predicted molar refractivity (Wildman–Crippen MR) is 38.7 cm³/mol. The molecule has 2 heteroatoms. The van der Waals surface area contributed by atoms with Crippen molar-refractivity contribution in [3.8, 4) is 0 Å². The summed E-state index contributed by atoms with van der Waals surface area (Å²) in [6.45, 7) is 3.71. The lowest BCUT2D eigenvalue weighted by Crippen LogP contribution is -1.88. The Morgan fingerprint density at radius 3 is 2.22 bits per heavy atom. The number of nitrogens with two attached hydrogens (primary N) is 1. The first kappa shape index (κ1) is 8.08. The van der Waals surface area contributed by atoms with Crippen LogP contribution in [0.3, 0.4) is 0 Å². The molecule has 0 bridgehead atoms. The quantitative estimate of drug-likeness (QED) is 0.449. The van der Waals surface area contributed by atoms with E-state index in [1.165, 1.54) is 0 Å². The number of methoxy groups -OCH3 is 1. The van der Waals surface area contributed by atoms with E-state index in [1.807, 2.05) is 19.9 Å². The van der Waals surface area contributed by atoms with Crippen molar-refractivity contribution in [1.29, 1.82) is 0 Å². The van der Waals surface area contributed by atoms with Gasteiger partial charge in [0.05, 0.1) is 12.9 Å². The molecule has 0 unspecified atom stereocenters. The normalized spacial score (nSPS) is 13.7. The molecule has 0 aromatic rings. The first-order valence-corrected chi connectivity index (χ1v) is 2.81. The van der Waals surface area contributed by atoms with E-state index in [0.29, 0.717) is 0 Å². The minimum Gasteiger partial charge on any atom is -0.501 e. The maximum Gasteiger partial charge on any atom is 0.0925 e. The van der Waals surface area contributed by atoms with Gasteiger partial charge in [-0.05, 0) is 26.0 Å². The topological polar surface area (TPSA) is 35.2 Å². The summed E-state index contributed by atoms with van der Waals surface area (Å²) in [5.41, 5.74) is 6.14. The molecule has 0 atom stereocenters. The number of ether oxygens (including phenoxy) is 1. The molecule has 2 nitrogen and oxygen atoms in total. The molecule has 9 heavy (non-hydrogen) atoms. The molecule has 0 aliphatic heterocycles. The average molecular weight is 127 g/mol. The zero-order chi connectivity index (χ0) is 7.28. The molecule has 0 saturated heterocycles. The highest BCUT2D eigenvalue weighted by Gasteiger charge is 1.78. The second-order valence-corrected chi connectivity index (χ2v) is 1.89. The summed E-state index contributed by atoms with van der Waals surface area (Å²) in [4.78, 5) is 0. The van der Waals surface area contributed by atoms with Gasteiger partial charge < -0.3 is 10.5 Å². The maximum absolute atomic E-state index is 5.36. The minimum absolute atomic E-state index is 0.784. The van der Waals surface area contributed by atoms with Crippen molar-refractivity contribution < 1.29 is 4.74 Å². The van der Waals surface area contributed by atoms with Crippen LogP contribution >= 0.6 is 0 Å². The predicted octanol–water partition coefficient (Wildman–Crippen LogP) is 1.40. The first-order valence-electron chi connectivity index (χ1n) is 2.81. The van der Waals surface area contributed by atoms with Gasteiger partial charge in [-0.3, -0.25) is 0 Å². The zero-order valence-electron chi connectivity index (χ0n) is 6.14. The van der Waals surface area contributed by atoms with Crippen LogP contribution in [0.1, 0.15) is 13.8 Å². The van der Waals surface area contributed by atoms with E-state index in [0.717, 1.165) is 11.5 Å². The molecule has 0 aromatic carbocycles. The van der Waals surface area contributed by atoms with Crippen LogP contribution in [0.4, 0.5) is 0 Å². The molecule has 2 N–H and O–H groups in total. The summed E-state index contributed by atoms with van der Waals surface area (Å²) < 4.78 is 4.86. The Hall–Kier alpha value is -0.920. The molecule has 0 spiro atoms. The Labute approximate surface area is 56.0 Å². The van der Waals surface area contributed by atoms with Crippen molar-refractivity contribution >= 4 is 0 Å². The van der Waals surface area contributed by atoms with Crippen LogP contribution in [0.15, 0.2) is 23.6 Å². The highest BCUT2D eigenvalue weighted by atomic mass is 16.5. The summed E-state index contributed by atoms with van der Waals surface area (Å²) in [5, 5.41) is 0. The summed E-state index contributed by atoms with van der Waals surface area (Å²) in [5.74, 6) is 0.861. The average Bonchev–Trinajstić information content (AvgIpc) is 1.83. The monoisotopic (exact) mass is 127 g/mol. The lowest BCUT2D eigenvalue weighted by molar-refractivity contribution is 0.293. The van der Waals surface area contributed by atoms with Gasteiger partial charge in [-0.2, -0.15) is 0 Å². The van der Waals surface area contributed by atoms with Gasteiger partial charge in [-0.25, -0.2) is 0 Å². The lowest BCUT2D eigenvalue weighted by atomic mass is 10.4. The van der Waals surface area contributed by atoms with Gasteiger partial charge in [0.1, 0.15) is 0 Å². The van der Waals surface area contributed by atoms with E-state index >= 15 is 0 Å². The summed E-state index contributed by atoms with van der Waals surface area (Å²) >= 11 is 0. The minimum atomic E-state index is 0.784. The molecule has 0 amide bonds. The van der Waals surface area contributed by atoms with Crippen LogP contribution in [-0.4, -0.2) is 7.11 Å². The van der Waals surface area contributed by atoms with Crippen LogP contribution in [0.25, 0.3) is 0 Å². The third-order valence-corrected chi connectivity index (χ3v) is 0.903. The Morgan fingerprint density at radius 1 is 1.33 bits per heavy atom. The van der Waals surface area contributed by atoms with Gasteiger partial charge in [-0.1, -0.05) is 0 Å². The van der Waals surface area contributed by atoms with E-state index in [4.69, 9.17) is 10.5 Å². The van der Waals surface area contributed by atoms with Crippen molar-refractivity contribution in [2.75, 3.05) is 7.11 Å². The Bertz CT molecular complexity index is 132. The van der Waals surface area contributed by atoms with Gasteiger partial charge in [0.15, 0.2) is 0 Å². The van der Waals surface area contributed by atoms with Gasteiger partial charge in [0, 0.05) is 5.70 Å². The highest BCUT2D eigenvalue weighted by Crippen LogP contribution is 1.92. The van der Waals surface area contributed by atoms with Gasteiger partial charge in [0.25, 0.3) is 0 Å². The molecule has 0 fully saturated rings. The van der Waals surface area contributed by atoms with Crippen molar-refractivity contribution in [3.05, 3.63) is 23.6 Å². The van der Waals surface area contributed by atoms with Crippen molar-refractivity contribution in [3.63, 3.8) is 0 Å². The molecule has 0 radical (unpaired) electrons. The largest absolute Gasteiger partial charge is 0.501 e. The zero-order valence-corrected chi connectivity index (χ0v) is 6.14. The molecule has 0 rings (SSSR count). The molecular formula is C7H13NO. The lowest BCUT2D eigenvalue weighted by Gasteiger charge is -1.94. The van der Waals surface area contributed by atoms with Gasteiger partial charge in [0.2, 0.25) is 0 Å². The van der Waals surface area contributed by atoms with E-state index in [9.17, 15) is 0 Å². The third kappa shape index (κ3) is 4.94. The Morgan fingerprint density at radius 2 is 1.89 bits per heavy atom. The highest BCUT2D eigenvalue weighted by molar-refractivity contribution is 5.09. The Kier molecular flexibility index (Phi) is 3.60. The SMILES string of the molecule is CO/C(C)=C/C=C(\C)N. The molecule has 0 aliphatic rings. The van der Waals surface area contributed by atoms with Crippen LogP contribution < -0.4 is 5.73 Å². The summed E-state index contributed by atoms with van der Waals surface area (Å²) in [6, 6.07) is 0. The van der Waals surface area contributed by atoms with E-state index in [2.05, 4.69) is 0 Å². The van der Waals surface area contributed by atoms with Crippen LogP contribution in [0.2, 0.25) is 0 Å². The van der Waals surface area contributed by atoms with Crippen molar-refractivity contribution in [2.45, 2.75) is 13.8 Å².